The van der Waals surface area contributed by atoms with Gasteiger partial charge in [0.2, 0.25) is 11.8 Å². The van der Waals surface area contributed by atoms with Crippen molar-refractivity contribution < 1.29 is 9.53 Å². The summed E-state index contributed by atoms with van der Waals surface area (Å²) in [6.45, 7) is 8.79. The lowest BCUT2D eigenvalue weighted by Gasteiger charge is -2.28. The highest BCUT2D eigenvalue weighted by atomic mass is 32.1. The predicted molar refractivity (Wildman–Crippen MR) is 97.0 cm³/mol. The first-order valence-electron chi connectivity index (χ1n) is 8.33. The number of carbonyl (C=O) groups is 1. The summed E-state index contributed by atoms with van der Waals surface area (Å²) in [6.07, 6.45) is 4.16. The number of nitrogens with zero attached hydrogens (tertiary/aromatic N) is 4. The van der Waals surface area contributed by atoms with E-state index in [1.165, 1.54) is 0 Å². The Morgan fingerprint density at radius 3 is 2.84 bits per heavy atom. The molecule has 1 saturated heterocycles. The summed E-state index contributed by atoms with van der Waals surface area (Å²) in [6, 6.07) is 0. The van der Waals surface area contributed by atoms with Crippen molar-refractivity contribution in [2.45, 2.75) is 45.8 Å². The molecule has 2 aromatic rings. The zero-order chi connectivity index (χ0) is 18.0. The van der Waals surface area contributed by atoms with Gasteiger partial charge in [0, 0.05) is 31.1 Å². The second kappa shape index (κ2) is 6.95. The molecule has 0 spiro atoms. The molecule has 1 N–H and O–H groups in total. The molecule has 8 heteroatoms. The average Bonchev–Trinajstić information content (AvgIpc) is 3.14. The van der Waals surface area contributed by atoms with Crippen LogP contribution >= 0.6 is 11.3 Å². The molecule has 3 rings (SSSR count). The van der Waals surface area contributed by atoms with Crippen molar-refractivity contribution in [1.29, 1.82) is 0 Å². The molecule has 1 amide bonds. The van der Waals surface area contributed by atoms with Gasteiger partial charge in [-0.3, -0.25) is 9.78 Å². The number of hydrogen-bond donors (Lipinski definition) is 1. The Kier molecular flexibility index (Phi) is 4.89. The maximum atomic E-state index is 11.8. The lowest BCUT2D eigenvalue weighted by molar-refractivity contribution is -0.120. The topological polar surface area (TPSA) is 80.2 Å². The molecule has 1 atom stereocenters. The SMILES string of the molecule is CC(=O)NC1(c2nc(C)cs2)CCN(c2cncc(OC(C)C)n2)C1. The normalized spacial score (nSPS) is 20.1. The van der Waals surface area contributed by atoms with Crippen LogP contribution in [0.2, 0.25) is 0 Å². The molecular formula is C17H23N5O2S. The van der Waals surface area contributed by atoms with Crippen molar-refractivity contribution >= 4 is 23.1 Å². The van der Waals surface area contributed by atoms with Crippen molar-refractivity contribution in [3.63, 3.8) is 0 Å². The van der Waals surface area contributed by atoms with E-state index in [4.69, 9.17) is 4.74 Å². The number of amides is 1. The number of aryl methyl sites for hydroxylation is 1. The van der Waals surface area contributed by atoms with Gasteiger partial charge in [0.1, 0.15) is 10.5 Å². The molecule has 1 unspecified atom stereocenters. The highest BCUT2D eigenvalue weighted by Gasteiger charge is 2.43. The van der Waals surface area contributed by atoms with Crippen LogP contribution in [-0.2, 0) is 10.3 Å². The van der Waals surface area contributed by atoms with Crippen LogP contribution in [-0.4, -0.2) is 40.1 Å². The maximum Gasteiger partial charge on any atom is 0.234 e. The third-order valence-corrected chi connectivity index (χ3v) is 5.16. The van der Waals surface area contributed by atoms with Gasteiger partial charge in [-0.05, 0) is 27.2 Å². The molecule has 0 aliphatic carbocycles. The van der Waals surface area contributed by atoms with Crippen LogP contribution in [0, 0.1) is 6.92 Å². The Balaban J connectivity index is 1.86. The number of nitrogens with one attached hydrogen (secondary N) is 1. The number of aromatic nitrogens is 3. The predicted octanol–water partition coefficient (Wildman–Crippen LogP) is 2.27. The van der Waals surface area contributed by atoms with E-state index in [1.54, 1.807) is 30.7 Å². The highest BCUT2D eigenvalue weighted by molar-refractivity contribution is 7.09. The summed E-state index contributed by atoms with van der Waals surface area (Å²) < 4.78 is 5.64. The quantitative estimate of drug-likeness (QED) is 0.880. The molecule has 0 aromatic carbocycles. The molecule has 25 heavy (non-hydrogen) atoms. The second-order valence-corrected chi connectivity index (χ2v) is 7.47. The Hall–Kier alpha value is -2.22. The van der Waals surface area contributed by atoms with Gasteiger partial charge < -0.3 is 15.0 Å². The number of carbonyl (C=O) groups excluding carboxylic acids is 1. The van der Waals surface area contributed by atoms with E-state index in [9.17, 15) is 4.79 Å². The summed E-state index contributed by atoms with van der Waals surface area (Å²) in [5.74, 6) is 1.20. The third-order valence-electron chi connectivity index (χ3n) is 3.99. The number of anilines is 1. The average molecular weight is 361 g/mol. The minimum atomic E-state index is -0.485. The first kappa shape index (κ1) is 17.6. The minimum Gasteiger partial charge on any atom is -0.474 e. The smallest absolute Gasteiger partial charge is 0.234 e. The van der Waals surface area contributed by atoms with Crippen LogP contribution in [0.5, 0.6) is 5.88 Å². The Bertz CT molecular complexity index is 763. The zero-order valence-corrected chi connectivity index (χ0v) is 15.8. The standard InChI is InChI=1S/C17H23N5O2S/c1-11(2)24-15-8-18-7-14(20-15)22-6-5-17(10-22,21-13(4)23)16-19-12(3)9-25-16/h7-9,11H,5-6,10H2,1-4H3,(H,21,23). The van der Waals surface area contributed by atoms with E-state index in [1.807, 2.05) is 26.2 Å². The summed E-state index contributed by atoms with van der Waals surface area (Å²) in [7, 11) is 0. The van der Waals surface area contributed by atoms with Gasteiger partial charge in [-0.1, -0.05) is 0 Å². The minimum absolute atomic E-state index is 0.0416. The Labute approximate surface area is 151 Å². The lowest BCUT2D eigenvalue weighted by atomic mass is 9.99. The van der Waals surface area contributed by atoms with Crippen molar-refractivity contribution in [1.82, 2.24) is 20.3 Å². The van der Waals surface area contributed by atoms with Crippen LogP contribution in [0.4, 0.5) is 5.82 Å². The first-order chi connectivity index (χ1) is 11.9. The fraction of sp³-hybridized carbons (Fsp3) is 0.529. The highest BCUT2D eigenvalue weighted by Crippen LogP contribution is 2.36. The van der Waals surface area contributed by atoms with E-state index in [-0.39, 0.29) is 12.0 Å². The van der Waals surface area contributed by atoms with Gasteiger partial charge >= 0.3 is 0 Å². The van der Waals surface area contributed by atoms with Crippen LogP contribution in [0.25, 0.3) is 0 Å². The molecule has 0 radical (unpaired) electrons. The van der Waals surface area contributed by atoms with E-state index in [2.05, 4.69) is 25.2 Å². The van der Waals surface area contributed by atoms with Gasteiger partial charge in [-0.15, -0.1) is 11.3 Å². The van der Waals surface area contributed by atoms with Gasteiger partial charge in [-0.25, -0.2) is 4.98 Å². The zero-order valence-electron chi connectivity index (χ0n) is 14.9. The van der Waals surface area contributed by atoms with Crippen molar-refractivity contribution in [2.24, 2.45) is 0 Å². The van der Waals surface area contributed by atoms with Gasteiger partial charge in [0.15, 0.2) is 5.82 Å². The van der Waals surface area contributed by atoms with Crippen molar-refractivity contribution in [3.8, 4) is 5.88 Å². The summed E-state index contributed by atoms with van der Waals surface area (Å²) in [5.41, 5.74) is 0.483. The second-order valence-electron chi connectivity index (χ2n) is 6.61. The van der Waals surface area contributed by atoms with E-state index in [0.29, 0.717) is 12.4 Å². The van der Waals surface area contributed by atoms with Crippen LogP contribution in [0.15, 0.2) is 17.8 Å². The van der Waals surface area contributed by atoms with Crippen molar-refractivity contribution in [3.05, 3.63) is 28.5 Å². The van der Waals surface area contributed by atoms with Crippen molar-refractivity contribution in [2.75, 3.05) is 18.0 Å². The Morgan fingerprint density at radius 2 is 2.20 bits per heavy atom. The van der Waals surface area contributed by atoms with Crippen LogP contribution in [0.3, 0.4) is 0 Å². The molecule has 134 valence electrons. The van der Waals surface area contributed by atoms with Gasteiger partial charge in [0.05, 0.1) is 18.5 Å². The number of rotatable bonds is 5. The molecule has 1 aliphatic heterocycles. The van der Waals surface area contributed by atoms with Crippen LogP contribution in [0.1, 0.15) is 37.9 Å². The monoisotopic (exact) mass is 361 g/mol. The van der Waals surface area contributed by atoms with E-state index in [0.717, 1.165) is 29.5 Å². The Morgan fingerprint density at radius 1 is 1.40 bits per heavy atom. The van der Waals surface area contributed by atoms with Gasteiger partial charge in [0.25, 0.3) is 0 Å². The maximum absolute atomic E-state index is 11.8. The fourth-order valence-corrected chi connectivity index (χ4v) is 4.01. The van der Waals surface area contributed by atoms with Gasteiger partial charge in [-0.2, -0.15) is 4.98 Å². The number of ether oxygens (including phenoxy) is 1. The summed E-state index contributed by atoms with van der Waals surface area (Å²) in [4.78, 5) is 27.3. The number of thiazole rings is 1. The molecule has 1 fully saturated rings. The lowest BCUT2D eigenvalue weighted by Crippen LogP contribution is -2.47. The molecule has 0 saturated carbocycles. The molecule has 2 aromatic heterocycles. The van der Waals surface area contributed by atoms with Crippen LogP contribution < -0.4 is 15.0 Å². The fourth-order valence-electron chi connectivity index (χ4n) is 3.04. The summed E-state index contributed by atoms with van der Waals surface area (Å²) >= 11 is 1.58. The molecule has 3 heterocycles. The number of hydrogen-bond acceptors (Lipinski definition) is 7. The first-order valence-corrected chi connectivity index (χ1v) is 9.21. The van der Waals surface area contributed by atoms with E-state index < -0.39 is 5.54 Å². The summed E-state index contributed by atoms with van der Waals surface area (Å²) in [5, 5.41) is 6.07. The molecule has 1 aliphatic rings. The molecule has 7 nitrogen and oxygen atoms in total. The largest absolute Gasteiger partial charge is 0.474 e. The molecular weight excluding hydrogens is 338 g/mol. The van der Waals surface area contributed by atoms with E-state index >= 15 is 0 Å². The third kappa shape index (κ3) is 3.89. The molecule has 0 bridgehead atoms.